The van der Waals surface area contributed by atoms with E-state index in [4.69, 9.17) is 0 Å². The summed E-state index contributed by atoms with van der Waals surface area (Å²) in [6.45, 7) is 8.36. The van der Waals surface area contributed by atoms with E-state index in [1.165, 1.54) is 0 Å². The summed E-state index contributed by atoms with van der Waals surface area (Å²) in [5, 5.41) is -0.430. The topological polar surface area (TPSA) is 52.9 Å². The lowest BCUT2D eigenvalue weighted by atomic mass is 9.96. The monoisotopic (exact) mass is 290 g/mol. The molecular formula is C13H27FN2O2Si. The van der Waals surface area contributed by atoms with Gasteiger partial charge in [-0.1, -0.05) is 13.8 Å². The van der Waals surface area contributed by atoms with Gasteiger partial charge < -0.3 is 9.70 Å². The van der Waals surface area contributed by atoms with Crippen LogP contribution in [0.3, 0.4) is 0 Å². The first-order valence-corrected chi connectivity index (χ1v) is 9.42. The molecule has 0 aliphatic carbocycles. The van der Waals surface area contributed by atoms with Crippen LogP contribution in [-0.2, 0) is 4.79 Å². The van der Waals surface area contributed by atoms with E-state index in [9.17, 15) is 14.0 Å². The average molecular weight is 290 g/mol. The lowest BCUT2D eigenvalue weighted by Gasteiger charge is -2.36. The quantitative estimate of drug-likeness (QED) is 0.481. The number of carbonyl (C=O) groups excluding carboxylic acids is 1. The normalized spacial score (nSPS) is 15.3. The van der Waals surface area contributed by atoms with Crippen molar-refractivity contribution in [2.75, 3.05) is 20.8 Å². The molecule has 0 aromatic rings. The summed E-state index contributed by atoms with van der Waals surface area (Å²) >= 11 is 0. The van der Waals surface area contributed by atoms with Gasteiger partial charge in [-0.15, -0.1) is 0 Å². The van der Waals surface area contributed by atoms with E-state index in [-0.39, 0.29) is 0 Å². The summed E-state index contributed by atoms with van der Waals surface area (Å²) in [7, 11) is 1.11. The van der Waals surface area contributed by atoms with E-state index < -0.39 is 31.9 Å². The molecule has 0 bridgehead atoms. The molecule has 0 spiro atoms. The Morgan fingerprint density at radius 3 is 2.21 bits per heavy atom. The van der Waals surface area contributed by atoms with Crippen molar-refractivity contribution in [3.8, 4) is 0 Å². The van der Waals surface area contributed by atoms with Crippen molar-refractivity contribution in [1.82, 2.24) is 4.90 Å². The van der Waals surface area contributed by atoms with Gasteiger partial charge in [-0.2, -0.15) is 0 Å². The summed E-state index contributed by atoms with van der Waals surface area (Å²) in [6.07, 6.45) is 0.322. The van der Waals surface area contributed by atoms with E-state index >= 15 is 0 Å². The molecule has 0 saturated carbocycles. The van der Waals surface area contributed by atoms with E-state index in [1.54, 1.807) is 39.0 Å². The van der Waals surface area contributed by atoms with Gasteiger partial charge in [0.15, 0.2) is 8.32 Å². The largest absolute Gasteiger partial charge is 0.432 e. The number of amidine groups is 1. The third kappa shape index (κ3) is 5.40. The van der Waals surface area contributed by atoms with Gasteiger partial charge in [0, 0.05) is 14.1 Å². The molecule has 4 nitrogen and oxygen atoms in total. The second-order valence-electron chi connectivity index (χ2n) is 6.39. The predicted molar refractivity (Wildman–Crippen MR) is 79.6 cm³/mol. The Labute approximate surface area is 116 Å². The van der Waals surface area contributed by atoms with Gasteiger partial charge in [0.2, 0.25) is 0 Å². The fourth-order valence-corrected chi connectivity index (χ4v) is 2.17. The van der Waals surface area contributed by atoms with Crippen molar-refractivity contribution in [3.63, 3.8) is 0 Å². The summed E-state index contributed by atoms with van der Waals surface area (Å²) in [5.41, 5.74) is 0. The maximum absolute atomic E-state index is 13.1. The minimum atomic E-state index is -2.45. The fraction of sp³-hybridized carbons (Fsp3) is 0.846. The highest BCUT2D eigenvalue weighted by atomic mass is 28.4. The third-order valence-electron chi connectivity index (χ3n) is 3.87. The molecule has 112 valence electrons. The highest BCUT2D eigenvalue weighted by molar-refractivity contribution is 6.72. The molecule has 19 heavy (non-hydrogen) atoms. The maximum Gasteiger partial charge on any atom is 0.253 e. The van der Waals surface area contributed by atoms with Crippen molar-refractivity contribution in [2.45, 2.75) is 45.3 Å². The number of hydrogen-bond donors (Lipinski definition) is 1. The molecule has 0 aliphatic heterocycles. The van der Waals surface area contributed by atoms with Crippen LogP contribution in [0.25, 0.3) is 0 Å². The SMILES string of the molecule is CC(=NC(=O)C(CF)CC(C)(C)[Si](C)(C)O)N(C)C. The standard InChI is InChI=1S/C13H27FN2O2Si/c1-10(16(4)5)15-12(17)11(9-14)8-13(2,3)19(6,7)18/h11,18H,8-9H2,1-7H3. The first-order chi connectivity index (χ1) is 8.42. The number of amides is 1. The van der Waals surface area contributed by atoms with Crippen LogP contribution >= 0.6 is 0 Å². The van der Waals surface area contributed by atoms with Crippen LogP contribution in [0.4, 0.5) is 4.39 Å². The smallest absolute Gasteiger partial charge is 0.253 e. The van der Waals surface area contributed by atoms with Crippen LogP contribution in [0.1, 0.15) is 27.2 Å². The average Bonchev–Trinajstić information content (AvgIpc) is 2.23. The van der Waals surface area contributed by atoms with Gasteiger partial charge in [0.1, 0.15) is 12.5 Å². The van der Waals surface area contributed by atoms with Gasteiger partial charge in [0.25, 0.3) is 5.91 Å². The number of hydrogen-bond acceptors (Lipinski definition) is 2. The van der Waals surface area contributed by atoms with Gasteiger partial charge in [-0.3, -0.25) is 9.18 Å². The van der Waals surface area contributed by atoms with Crippen LogP contribution in [0.15, 0.2) is 4.99 Å². The van der Waals surface area contributed by atoms with Crippen LogP contribution in [0.5, 0.6) is 0 Å². The van der Waals surface area contributed by atoms with E-state index in [1.807, 2.05) is 13.8 Å². The minimum absolute atomic E-state index is 0.322. The van der Waals surface area contributed by atoms with Crippen molar-refractivity contribution >= 4 is 20.1 Å². The molecule has 1 unspecified atom stereocenters. The van der Waals surface area contributed by atoms with Crippen LogP contribution < -0.4 is 0 Å². The number of carbonyl (C=O) groups is 1. The van der Waals surface area contributed by atoms with Crippen LogP contribution in [0, 0.1) is 5.92 Å². The van der Waals surface area contributed by atoms with Gasteiger partial charge in [-0.25, -0.2) is 4.99 Å². The van der Waals surface area contributed by atoms with Crippen molar-refractivity contribution in [2.24, 2.45) is 10.9 Å². The number of aliphatic imine (C=N–C) groups is 1. The zero-order valence-electron chi connectivity index (χ0n) is 13.1. The van der Waals surface area contributed by atoms with E-state index in [0.29, 0.717) is 12.3 Å². The maximum atomic E-state index is 13.1. The molecule has 0 aliphatic rings. The van der Waals surface area contributed by atoms with Gasteiger partial charge in [0.05, 0.1) is 5.92 Å². The molecule has 0 aromatic carbocycles. The number of halogens is 1. The van der Waals surface area contributed by atoms with Crippen molar-refractivity contribution in [3.05, 3.63) is 0 Å². The molecule has 0 aromatic heterocycles. The molecule has 0 radical (unpaired) electrons. The van der Waals surface area contributed by atoms with Gasteiger partial charge in [-0.05, 0) is 31.5 Å². The van der Waals surface area contributed by atoms with Crippen LogP contribution in [0.2, 0.25) is 18.1 Å². The molecular weight excluding hydrogens is 263 g/mol. The zero-order valence-corrected chi connectivity index (χ0v) is 14.1. The summed E-state index contributed by atoms with van der Waals surface area (Å²) < 4.78 is 13.1. The minimum Gasteiger partial charge on any atom is -0.432 e. The fourth-order valence-electron chi connectivity index (χ4n) is 1.42. The molecule has 0 rings (SSSR count). The number of nitrogens with zero attached hydrogens (tertiary/aromatic N) is 2. The highest BCUT2D eigenvalue weighted by Crippen LogP contribution is 2.41. The Hall–Kier alpha value is -0.753. The molecule has 0 saturated heterocycles. The molecule has 6 heteroatoms. The Balaban J connectivity index is 4.96. The van der Waals surface area contributed by atoms with E-state index in [0.717, 1.165) is 0 Å². The molecule has 0 fully saturated rings. The van der Waals surface area contributed by atoms with Crippen molar-refractivity contribution in [1.29, 1.82) is 0 Å². The number of alkyl halides is 1. The van der Waals surface area contributed by atoms with Gasteiger partial charge >= 0.3 is 0 Å². The summed E-state index contributed by atoms with van der Waals surface area (Å²) in [4.78, 5) is 27.8. The second-order valence-corrected chi connectivity index (χ2v) is 10.9. The second kappa shape index (κ2) is 6.61. The zero-order chi connectivity index (χ0) is 15.4. The van der Waals surface area contributed by atoms with Crippen LogP contribution in [-0.4, -0.2) is 50.5 Å². The molecule has 0 heterocycles. The Bertz CT molecular complexity index is 349. The first-order valence-electron chi connectivity index (χ1n) is 6.47. The lowest BCUT2D eigenvalue weighted by Crippen LogP contribution is -2.41. The first kappa shape index (κ1) is 18.2. The summed E-state index contributed by atoms with van der Waals surface area (Å²) in [5.74, 6) is -0.661. The molecule has 1 amide bonds. The molecule has 1 N–H and O–H groups in total. The Kier molecular flexibility index (Phi) is 6.35. The third-order valence-corrected chi connectivity index (χ3v) is 7.38. The number of rotatable bonds is 5. The van der Waals surface area contributed by atoms with Crippen molar-refractivity contribution < 1.29 is 14.0 Å². The lowest BCUT2D eigenvalue weighted by molar-refractivity contribution is -0.122. The summed E-state index contributed by atoms with van der Waals surface area (Å²) in [6, 6.07) is 0. The Morgan fingerprint density at radius 2 is 1.89 bits per heavy atom. The predicted octanol–water partition coefficient (Wildman–Crippen LogP) is 2.45. The van der Waals surface area contributed by atoms with E-state index in [2.05, 4.69) is 4.99 Å². The highest BCUT2D eigenvalue weighted by Gasteiger charge is 2.41. The molecule has 1 atom stereocenters. The Morgan fingerprint density at radius 1 is 1.42 bits per heavy atom.